The van der Waals surface area contributed by atoms with Crippen LogP contribution in [0.3, 0.4) is 0 Å². The molecule has 0 aromatic heterocycles. The molecule has 1 unspecified atom stereocenters. The first kappa shape index (κ1) is 20.4. The Kier molecular flexibility index (Phi) is 8.97. The van der Waals surface area contributed by atoms with Gasteiger partial charge < -0.3 is 14.2 Å². The van der Waals surface area contributed by atoms with Crippen molar-refractivity contribution in [2.24, 2.45) is 0 Å². The molecule has 0 amide bonds. The van der Waals surface area contributed by atoms with Crippen molar-refractivity contribution in [2.75, 3.05) is 13.2 Å². The summed E-state index contributed by atoms with van der Waals surface area (Å²) in [6.45, 7) is 7.04. The summed E-state index contributed by atoms with van der Waals surface area (Å²) in [7, 11) is 0. The van der Waals surface area contributed by atoms with Crippen LogP contribution >= 0.6 is 0 Å². The fraction of sp³-hybridized carbons (Fsp3) is 0.857. The lowest BCUT2D eigenvalue weighted by Gasteiger charge is -2.35. The number of carbonyl (C=O) groups is 1. The average molecular weight is 353 g/mol. The molecular formula is C21H36O4. The third-order valence-corrected chi connectivity index (χ3v) is 5.39. The first-order chi connectivity index (χ1) is 12.1. The van der Waals surface area contributed by atoms with E-state index in [1.54, 1.807) is 6.92 Å². The van der Waals surface area contributed by atoms with Crippen molar-refractivity contribution in [1.29, 1.82) is 0 Å². The van der Waals surface area contributed by atoms with Crippen molar-refractivity contribution < 1.29 is 19.0 Å². The maximum Gasteiger partial charge on any atom is 0.333 e. The highest BCUT2D eigenvalue weighted by atomic mass is 16.7. The Morgan fingerprint density at radius 3 is 2.44 bits per heavy atom. The quantitative estimate of drug-likeness (QED) is 0.338. The van der Waals surface area contributed by atoms with Gasteiger partial charge in [-0.25, -0.2) is 4.79 Å². The van der Waals surface area contributed by atoms with E-state index in [1.807, 2.05) is 0 Å². The maximum absolute atomic E-state index is 12.1. The van der Waals surface area contributed by atoms with Gasteiger partial charge in [0.05, 0.1) is 0 Å². The average Bonchev–Trinajstić information content (AvgIpc) is 2.58. The highest BCUT2D eigenvalue weighted by Crippen LogP contribution is 2.35. The number of ether oxygens (including phenoxy) is 3. The van der Waals surface area contributed by atoms with Gasteiger partial charge in [0.1, 0.15) is 5.60 Å². The van der Waals surface area contributed by atoms with Crippen LogP contribution in [0.15, 0.2) is 12.2 Å². The Balaban J connectivity index is 1.78. The molecule has 1 aliphatic heterocycles. The second kappa shape index (κ2) is 11.0. The predicted molar refractivity (Wildman–Crippen MR) is 99.4 cm³/mol. The molecular weight excluding hydrogens is 316 g/mol. The smallest absolute Gasteiger partial charge is 0.333 e. The van der Waals surface area contributed by atoms with Gasteiger partial charge in [-0.15, -0.1) is 0 Å². The van der Waals surface area contributed by atoms with Gasteiger partial charge in [-0.2, -0.15) is 0 Å². The molecule has 4 nitrogen and oxygen atoms in total. The standard InChI is InChI=1S/C21H36O4/c1-18(2)20(22)25-21(13-7-4-3-5-8-14-21)15-9-11-17-24-19-12-6-10-16-23-19/h19H,1,3-17H2,2H3. The van der Waals surface area contributed by atoms with Crippen molar-refractivity contribution in [2.45, 2.75) is 102 Å². The number of carbonyl (C=O) groups excluding carboxylic acids is 1. The van der Waals surface area contributed by atoms with Gasteiger partial charge in [0.15, 0.2) is 6.29 Å². The lowest BCUT2D eigenvalue weighted by molar-refractivity contribution is -0.164. The van der Waals surface area contributed by atoms with Gasteiger partial charge in [0.2, 0.25) is 0 Å². The summed E-state index contributed by atoms with van der Waals surface area (Å²) >= 11 is 0. The highest BCUT2D eigenvalue weighted by molar-refractivity contribution is 5.87. The number of hydrogen-bond donors (Lipinski definition) is 0. The molecule has 0 aromatic carbocycles. The Morgan fingerprint density at radius 1 is 1.08 bits per heavy atom. The number of hydrogen-bond acceptors (Lipinski definition) is 4. The molecule has 2 fully saturated rings. The van der Waals surface area contributed by atoms with Gasteiger partial charge in [0.25, 0.3) is 0 Å². The minimum atomic E-state index is -0.294. The largest absolute Gasteiger partial charge is 0.456 e. The van der Waals surface area contributed by atoms with E-state index < -0.39 is 0 Å². The summed E-state index contributed by atoms with van der Waals surface area (Å²) in [5, 5.41) is 0. The summed E-state index contributed by atoms with van der Waals surface area (Å²) in [5.74, 6) is -0.229. The van der Waals surface area contributed by atoms with Gasteiger partial charge in [-0.1, -0.05) is 25.8 Å². The van der Waals surface area contributed by atoms with Crippen molar-refractivity contribution in [3.8, 4) is 0 Å². The zero-order chi connectivity index (χ0) is 18.0. The normalized spacial score (nSPS) is 24.1. The lowest BCUT2D eigenvalue weighted by Crippen LogP contribution is -2.36. The molecule has 1 saturated heterocycles. The lowest BCUT2D eigenvalue weighted by atomic mass is 9.83. The van der Waals surface area contributed by atoms with Crippen LogP contribution in [0.2, 0.25) is 0 Å². The third-order valence-electron chi connectivity index (χ3n) is 5.39. The topological polar surface area (TPSA) is 44.8 Å². The molecule has 1 aliphatic carbocycles. The molecule has 25 heavy (non-hydrogen) atoms. The number of esters is 1. The molecule has 1 heterocycles. The fourth-order valence-electron chi connectivity index (χ4n) is 3.84. The van der Waals surface area contributed by atoms with Crippen LogP contribution in [-0.4, -0.2) is 31.1 Å². The van der Waals surface area contributed by atoms with E-state index in [0.29, 0.717) is 5.57 Å². The molecule has 2 aliphatic rings. The van der Waals surface area contributed by atoms with Gasteiger partial charge in [0, 0.05) is 18.8 Å². The van der Waals surface area contributed by atoms with Crippen LogP contribution in [0.5, 0.6) is 0 Å². The van der Waals surface area contributed by atoms with Crippen molar-refractivity contribution in [3.05, 3.63) is 12.2 Å². The van der Waals surface area contributed by atoms with Gasteiger partial charge in [-0.3, -0.25) is 0 Å². The second-order valence-electron chi connectivity index (χ2n) is 7.74. The minimum absolute atomic E-state index is 0.00894. The zero-order valence-electron chi connectivity index (χ0n) is 16.0. The summed E-state index contributed by atoms with van der Waals surface area (Å²) < 4.78 is 17.4. The van der Waals surface area contributed by atoms with Crippen LogP contribution in [-0.2, 0) is 19.0 Å². The van der Waals surface area contributed by atoms with Gasteiger partial charge in [-0.05, 0) is 71.1 Å². The van der Waals surface area contributed by atoms with E-state index >= 15 is 0 Å². The number of rotatable bonds is 8. The Labute approximate surface area is 153 Å². The molecule has 1 saturated carbocycles. The first-order valence-electron chi connectivity index (χ1n) is 10.2. The third kappa shape index (κ3) is 7.49. The first-order valence-corrected chi connectivity index (χ1v) is 10.2. The maximum atomic E-state index is 12.1. The SMILES string of the molecule is C=C(C)C(=O)OC1(CCCCOC2CCCCO2)CCCCCCC1. The Morgan fingerprint density at radius 2 is 1.80 bits per heavy atom. The van der Waals surface area contributed by atoms with Crippen LogP contribution in [0.25, 0.3) is 0 Å². The molecule has 0 bridgehead atoms. The summed E-state index contributed by atoms with van der Waals surface area (Å²) in [4.78, 5) is 12.1. The Hall–Kier alpha value is -0.870. The van der Waals surface area contributed by atoms with Crippen LogP contribution < -0.4 is 0 Å². The molecule has 0 spiro atoms. The van der Waals surface area contributed by atoms with Crippen LogP contribution in [0.4, 0.5) is 0 Å². The van der Waals surface area contributed by atoms with E-state index in [4.69, 9.17) is 14.2 Å². The molecule has 0 radical (unpaired) electrons. The van der Waals surface area contributed by atoms with Crippen molar-refractivity contribution in [1.82, 2.24) is 0 Å². The zero-order valence-corrected chi connectivity index (χ0v) is 16.0. The monoisotopic (exact) mass is 352 g/mol. The molecule has 2 rings (SSSR count). The van der Waals surface area contributed by atoms with Gasteiger partial charge >= 0.3 is 5.97 Å². The summed E-state index contributed by atoms with van der Waals surface area (Å²) in [5.41, 5.74) is 0.205. The minimum Gasteiger partial charge on any atom is -0.456 e. The van der Waals surface area contributed by atoms with Crippen LogP contribution in [0.1, 0.15) is 90.4 Å². The molecule has 4 heteroatoms. The van der Waals surface area contributed by atoms with E-state index in [2.05, 4.69) is 6.58 Å². The van der Waals surface area contributed by atoms with E-state index in [-0.39, 0.29) is 17.9 Å². The highest BCUT2D eigenvalue weighted by Gasteiger charge is 2.34. The van der Waals surface area contributed by atoms with Crippen molar-refractivity contribution >= 4 is 5.97 Å². The predicted octanol–water partition coefficient (Wildman–Crippen LogP) is 5.30. The molecule has 1 atom stereocenters. The Bertz CT molecular complexity index is 404. The molecule has 0 N–H and O–H groups in total. The fourth-order valence-corrected chi connectivity index (χ4v) is 3.84. The second-order valence-corrected chi connectivity index (χ2v) is 7.74. The van der Waals surface area contributed by atoms with E-state index in [9.17, 15) is 4.79 Å². The summed E-state index contributed by atoms with van der Waals surface area (Å²) in [6, 6.07) is 0. The van der Waals surface area contributed by atoms with E-state index in [0.717, 1.165) is 71.0 Å². The van der Waals surface area contributed by atoms with E-state index in [1.165, 1.54) is 25.7 Å². The van der Waals surface area contributed by atoms with Crippen LogP contribution in [0, 0.1) is 0 Å². The molecule has 144 valence electrons. The number of unbranched alkanes of at least 4 members (excludes halogenated alkanes) is 1. The summed E-state index contributed by atoms with van der Waals surface area (Å²) in [6.07, 6.45) is 14.4. The van der Waals surface area contributed by atoms with Crippen molar-refractivity contribution in [3.63, 3.8) is 0 Å². The molecule has 0 aromatic rings.